The Morgan fingerprint density at radius 1 is 1.31 bits per heavy atom. The van der Waals surface area contributed by atoms with Crippen LogP contribution in [0, 0.1) is 22.7 Å². The van der Waals surface area contributed by atoms with Crippen LogP contribution in [0.2, 0.25) is 0 Å². The average molecular weight is 447 g/mol. The highest BCUT2D eigenvalue weighted by Crippen LogP contribution is 2.67. The molecule has 0 saturated heterocycles. The van der Waals surface area contributed by atoms with Crippen LogP contribution in [0.1, 0.15) is 75.4 Å². The molecule has 0 bridgehead atoms. The van der Waals surface area contributed by atoms with Crippen LogP contribution >= 0.6 is 0 Å². The monoisotopic (exact) mass is 446 g/mol. The van der Waals surface area contributed by atoms with E-state index in [1.807, 2.05) is 13.8 Å². The summed E-state index contributed by atoms with van der Waals surface area (Å²) in [4.78, 5) is 23.4. The molecule has 1 aromatic carbocycles. The molecule has 1 spiro atoms. The number of phenolic OH excluding ortho intramolecular Hbond substituents is 1. The summed E-state index contributed by atoms with van der Waals surface area (Å²) in [5.74, 6) is 0.132. The van der Waals surface area contributed by atoms with Gasteiger partial charge in [-0.15, -0.1) is 0 Å². The molecule has 1 aromatic rings. The van der Waals surface area contributed by atoms with E-state index in [-0.39, 0.29) is 29.8 Å². The summed E-state index contributed by atoms with van der Waals surface area (Å²) in [5.41, 5.74) is -0.708. The zero-order valence-corrected chi connectivity index (χ0v) is 19.5. The van der Waals surface area contributed by atoms with Crippen molar-refractivity contribution in [3.05, 3.63) is 22.8 Å². The second-order valence-corrected chi connectivity index (χ2v) is 10.8. The Bertz CT molecular complexity index is 954. The van der Waals surface area contributed by atoms with Crippen molar-refractivity contribution in [2.45, 2.75) is 84.7 Å². The predicted octanol–water partition coefficient (Wildman–Crippen LogP) is 3.15. The maximum atomic E-state index is 11.8. The fourth-order valence-corrected chi connectivity index (χ4v) is 7.24. The Labute approximate surface area is 188 Å². The number of benzene rings is 1. The van der Waals surface area contributed by atoms with E-state index >= 15 is 0 Å². The zero-order chi connectivity index (χ0) is 23.6. The third-order valence-electron chi connectivity index (χ3n) is 8.88. The number of carbonyl (C=O) groups is 2. The maximum Gasteiger partial charge on any atom is 0.302 e. The second kappa shape index (κ2) is 7.45. The molecule has 32 heavy (non-hydrogen) atoms. The lowest BCUT2D eigenvalue weighted by molar-refractivity contribution is -0.245. The molecular weight excluding hydrogens is 412 g/mol. The van der Waals surface area contributed by atoms with Crippen molar-refractivity contribution in [3.63, 3.8) is 0 Å². The molecule has 6 atom stereocenters. The fourth-order valence-electron chi connectivity index (χ4n) is 7.24. The predicted molar refractivity (Wildman–Crippen MR) is 116 cm³/mol. The first-order chi connectivity index (χ1) is 14.9. The maximum absolute atomic E-state index is 11.8. The van der Waals surface area contributed by atoms with Gasteiger partial charge >= 0.3 is 5.97 Å². The number of esters is 1. The number of ether oxygens (including phenoxy) is 2. The van der Waals surface area contributed by atoms with Gasteiger partial charge in [-0.25, -0.2) is 0 Å². The van der Waals surface area contributed by atoms with E-state index in [1.54, 1.807) is 6.07 Å². The van der Waals surface area contributed by atoms with Gasteiger partial charge in [0.1, 0.15) is 23.2 Å². The van der Waals surface area contributed by atoms with Crippen molar-refractivity contribution in [2.75, 3.05) is 0 Å². The fraction of sp³-hybridized carbons (Fsp3) is 0.680. The SMILES string of the molecule is CC(=O)O[C@@H]1C[C@@]2(C)[C@@H](CC[C@@H](C)[C@]23Cc2c(cc(CO)c(C=O)c2O)O3)C(C)(C)[C@H]1O. The molecule has 1 aliphatic heterocycles. The van der Waals surface area contributed by atoms with E-state index in [4.69, 9.17) is 9.47 Å². The van der Waals surface area contributed by atoms with Gasteiger partial charge in [-0.05, 0) is 48.1 Å². The van der Waals surface area contributed by atoms with Crippen LogP contribution in [-0.2, 0) is 22.6 Å². The number of fused-ring (bicyclic) bond motifs is 3. The molecule has 7 heteroatoms. The Hall–Kier alpha value is -2.12. The smallest absolute Gasteiger partial charge is 0.302 e. The minimum absolute atomic E-state index is 0.0901. The summed E-state index contributed by atoms with van der Waals surface area (Å²) in [5, 5.41) is 31.7. The molecule has 2 fully saturated rings. The first kappa shape index (κ1) is 23.1. The minimum atomic E-state index is -0.797. The summed E-state index contributed by atoms with van der Waals surface area (Å²) in [7, 11) is 0. The normalized spacial score (nSPS) is 37.3. The summed E-state index contributed by atoms with van der Waals surface area (Å²) in [6, 6.07) is 1.65. The third-order valence-corrected chi connectivity index (χ3v) is 8.88. The number of aliphatic hydroxyl groups is 2. The highest BCUT2D eigenvalue weighted by atomic mass is 16.6. The van der Waals surface area contributed by atoms with E-state index in [0.29, 0.717) is 36.0 Å². The van der Waals surface area contributed by atoms with Gasteiger partial charge in [0.15, 0.2) is 6.29 Å². The Morgan fingerprint density at radius 2 is 2.00 bits per heavy atom. The van der Waals surface area contributed by atoms with E-state index in [2.05, 4.69) is 13.8 Å². The second-order valence-electron chi connectivity index (χ2n) is 10.8. The topological polar surface area (TPSA) is 113 Å². The van der Waals surface area contributed by atoms with Crippen LogP contribution < -0.4 is 4.74 Å². The molecule has 0 unspecified atom stereocenters. The molecule has 4 rings (SSSR count). The van der Waals surface area contributed by atoms with Crippen LogP contribution in [0.5, 0.6) is 11.5 Å². The van der Waals surface area contributed by atoms with Crippen LogP contribution in [0.15, 0.2) is 6.07 Å². The van der Waals surface area contributed by atoms with Gasteiger partial charge in [0.25, 0.3) is 0 Å². The zero-order valence-electron chi connectivity index (χ0n) is 19.5. The minimum Gasteiger partial charge on any atom is -0.507 e. The molecule has 0 aromatic heterocycles. The molecule has 0 amide bonds. The molecule has 2 aliphatic carbocycles. The van der Waals surface area contributed by atoms with E-state index in [0.717, 1.165) is 12.8 Å². The van der Waals surface area contributed by atoms with Crippen molar-refractivity contribution >= 4 is 12.3 Å². The molecule has 0 radical (unpaired) electrons. The number of phenols is 1. The molecule has 7 nitrogen and oxygen atoms in total. The van der Waals surface area contributed by atoms with Gasteiger partial charge in [-0.1, -0.05) is 27.7 Å². The van der Waals surface area contributed by atoms with Crippen LogP contribution in [0.3, 0.4) is 0 Å². The quantitative estimate of drug-likeness (QED) is 0.483. The van der Waals surface area contributed by atoms with Gasteiger partial charge in [0.05, 0.1) is 18.3 Å². The van der Waals surface area contributed by atoms with Crippen molar-refractivity contribution in [2.24, 2.45) is 22.7 Å². The van der Waals surface area contributed by atoms with Crippen LogP contribution in [-0.4, -0.2) is 45.4 Å². The van der Waals surface area contributed by atoms with E-state index in [9.17, 15) is 24.9 Å². The van der Waals surface area contributed by atoms with Crippen molar-refractivity contribution < 1.29 is 34.4 Å². The first-order valence-corrected chi connectivity index (χ1v) is 11.4. The number of rotatable bonds is 3. The van der Waals surface area contributed by atoms with Gasteiger partial charge in [0.2, 0.25) is 0 Å². The van der Waals surface area contributed by atoms with Crippen molar-refractivity contribution in [1.29, 1.82) is 0 Å². The number of aromatic hydroxyl groups is 1. The number of hydrogen-bond donors (Lipinski definition) is 3. The highest BCUT2D eigenvalue weighted by molar-refractivity contribution is 5.84. The molecule has 176 valence electrons. The van der Waals surface area contributed by atoms with Gasteiger partial charge < -0.3 is 24.8 Å². The van der Waals surface area contributed by atoms with Crippen LogP contribution in [0.25, 0.3) is 0 Å². The summed E-state index contributed by atoms with van der Waals surface area (Å²) in [6.45, 7) is 9.30. The van der Waals surface area contributed by atoms with Gasteiger partial charge in [-0.2, -0.15) is 0 Å². The van der Waals surface area contributed by atoms with E-state index < -0.39 is 34.6 Å². The van der Waals surface area contributed by atoms with E-state index in [1.165, 1.54) is 6.92 Å². The Morgan fingerprint density at radius 3 is 2.59 bits per heavy atom. The third kappa shape index (κ3) is 2.93. The molecule has 1 heterocycles. The molecule has 3 aliphatic rings. The summed E-state index contributed by atoms with van der Waals surface area (Å²) < 4.78 is 12.3. The average Bonchev–Trinajstić information content (AvgIpc) is 3.11. The Kier molecular flexibility index (Phi) is 5.37. The highest BCUT2D eigenvalue weighted by Gasteiger charge is 2.69. The molecule has 3 N–H and O–H groups in total. The lowest BCUT2D eigenvalue weighted by Gasteiger charge is -2.65. The van der Waals surface area contributed by atoms with Gasteiger partial charge in [-0.3, -0.25) is 9.59 Å². The lowest BCUT2D eigenvalue weighted by Crippen LogP contribution is -2.69. The van der Waals surface area contributed by atoms with Crippen molar-refractivity contribution in [3.8, 4) is 11.5 Å². The lowest BCUT2D eigenvalue weighted by atomic mass is 9.43. The van der Waals surface area contributed by atoms with Gasteiger partial charge in [0, 0.05) is 24.3 Å². The Balaban J connectivity index is 1.85. The standard InChI is InChI=1S/C25H34O7/c1-13-6-7-20-23(3,4)22(30)19(31-14(2)28)10-24(20,5)25(13)9-16-18(32-25)8-15(11-26)17(12-27)21(16)29/h8,12-13,19-20,22,26,29-30H,6-7,9-11H2,1-5H3/t13-,19-,20+,22+,24+,25-/m1/s1. The number of aldehydes is 1. The first-order valence-electron chi connectivity index (χ1n) is 11.4. The van der Waals surface area contributed by atoms with Crippen molar-refractivity contribution in [1.82, 2.24) is 0 Å². The number of carbonyl (C=O) groups excluding carboxylic acids is 2. The van der Waals surface area contributed by atoms with Crippen LogP contribution in [0.4, 0.5) is 0 Å². The molecular formula is C25H34O7. The molecule has 2 saturated carbocycles. The number of hydrogen-bond acceptors (Lipinski definition) is 7. The number of aliphatic hydroxyl groups excluding tert-OH is 2. The summed E-state index contributed by atoms with van der Waals surface area (Å²) in [6.07, 6.45) is 1.75. The summed E-state index contributed by atoms with van der Waals surface area (Å²) >= 11 is 0. The largest absolute Gasteiger partial charge is 0.507 e.